The molecule has 1 unspecified atom stereocenters. The van der Waals surface area contributed by atoms with Crippen molar-refractivity contribution < 1.29 is 14.0 Å². The maximum Gasteiger partial charge on any atom is 0.335 e. The Bertz CT molecular complexity index is 1230. The van der Waals surface area contributed by atoms with E-state index in [0.29, 0.717) is 24.7 Å². The van der Waals surface area contributed by atoms with E-state index in [4.69, 9.17) is 5.73 Å². The number of likely N-dealkylation sites (tertiary alicyclic amines) is 1. The van der Waals surface area contributed by atoms with Crippen molar-refractivity contribution in [2.75, 3.05) is 13.1 Å². The summed E-state index contributed by atoms with van der Waals surface area (Å²) in [6.07, 6.45) is 1.94. The molecule has 1 fully saturated rings. The van der Waals surface area contributed by atoms with Gasteiger partial charge in [0.1, 0.15) is 23.7 Å². The third-order valence-corrected chi connectivity index (χ3v) is 5.50. The summed E-state index contributed by atoms with van der Waals surface area (Å²) in [5.41, 5.74) is 5.38. The molecule has 1 aromatic carbocycles. The number of piperidine rings is 1. The number of benzene rings is 1. The number of amides is 2. The summed E-state index contributed by atoms with van der Waals surface area (Å²) in [6, 6.07) is 5.29. The predicted molar refractivity (Wildman–Crippen MR) is 111 cm³/mol. The second-order valence-electron chi connectivity index (χ2n) is 7.92. The molecule has 0 aliphatic carbocycles. The van der Waals surface area contributed by atoms with Gasteiger partial charge in [-0.1, -0.05) is 6.92 Å². The summed E-state index contributed by atoms with van der Waals surface area (Å²) >= 11 is 0. The van der Waals surface area contributed by atoms with Crippen molar-refractivity contribution in [1.29, 1.82) is 0 Å². The summed E-state index contributed by atoms with van der Waals surface area (Å²) in [5, 5.41) is 0. The molecular weight excluding hydrogens is 403 g/mol. The summed E-state index contributed by atoms with van der Waals surface area (Å²) in [5.74, 6) is -0.909. The first-order valence-corrected chi connectivity index (χ1v) is 10.1. The Hall–Kier alpha value is -3.56. The molecule has 0 bridgehead atoms. The third kappa shape index (κ3) is 3.80. The molecule has 10 heteroatoms. The Morgan fingerprint density at radius 1 is 1.23 bits per heavy atom. The quantitative estimate of drug-likeness (QED) is 0.677. The van der Waals surface area contributed by atoms with E-state index in [0.717, 1.165) is 12.8 Å². The molecule has 0 spiro atoms. The van der Waals surface area contributed by atoms with Gasteiger partial charge < -0.3 is 10.6 Å². The minimum atomic E-state index is -0.834. The van der Waals surface area contributed by atoms with Crippen LogP contribution in [-0.2, 0) is 11.3 Å². The number of hydrogen-bond donors (Lipinski definition) is 1. The van der Waals surface area contributed by atoms with E-state index in [1.165, 1.54) is 33.4 Å². The van der Waals surface area contributed by atoms with E-state index >= 15 is 0 Å². The van der Waals surface area contributed by atoms with Gasteiger partial charge in [-0.25, -0.2) is 23.7 Å². The maximum atomic E-state index is 13.4. The van der Waals surface area contributed by atoms with Crippen LogP contribution in [0.1, 0.15) is 36.1 Å². The van der Waals surface area contributed by atoms with E-state index in [1.807, 2.05) is 0 Å². The van der Waals surface area contributed by atoms with Crippen LogP contribution >= 0.6 is 0 Å². The van der Waals surface area contributed by atoms with E-state index in [9.17, 15) is 18.8 Å². The Balaban J connectivity index is 1.91. The van der Waals surface area contributed by atoms with Gasteiger partial charge in [0, 0.05) is 13.1 Å². The van der Waals surface area contributed by atoms with Crippen LogP contribution in [0.25, 0.3) is 16.9 Å². The van der Waals surface area contributed by atoms with Crippen LogP contribution in [0, 0.1) is 18.7 Å². The molecule has 1 aliphatic heterocycles. The monoisotopic (exact) mass is 426 g/mol. The van der Waals surface area contributed by atoms with E-state index in [1.54, 1.807) is 11.8 Å². The molecule has 2 N–H and O–H groups in total. The van der Waals surface area contributed by atoms with Crippen molar-refractivity contribution in [2.24, 2.45) is 11.7 Å². The molecule has 31 heavy (non-hydrogen) atoms. The third-order valence-electron chi connectivity index (χ3n) is 5.50. The fourth-order valence-corrected chi connectivity index (χ4v) is 4.06. The molecule has 1 aliphatic rings. The number of aromatic nitrogens is 4. The van der Waals surface area contributed by atoms with E-state index in [2.05, 4.69) is 16.9 Å². The van der Waals surface area contributed by atoms with Gasteiger partial charge in [0.15, 0.2) is 11.3 Å². The number of aryl methyl sites for hydroxylation is 1. The van der Waals surface area contributed by atoms with Crippen molar-refractivity contribution in [1.82, 2.24) is 24.0 Å². The number of primary amides is 1. The molecule has 2 aromatic heterocycles. The lowest BCUT2D eigenvalue weighted by atomic mass is 10.0. The van der Waals surface area contributed by atoms with Crippen molar-refractivity contribution in [2.45, 2.75) is 33.2 Å². The highest BCUT2D eigenvalue weighted by molar-refractivity contribution is 6.02. The minimum Gasteiger partial charge on any atom is -0.364 e. The number of hydrogen-bond acceptors (Lipinski definition) is 5. The maximum absolute atomic E-state index is 13.4. The second kappa shape index (κ2) is 7.93. The van der Waals surface area contributed by atoms with Gasteiger partial charge in [-0.15, -0.1) is 0 Å². The molecule has 3 heterocycles. The van der Waals surface area contributed by atoms with Crippen LogP contribution in [0.2, 0.25) is 0 Å². The largest absolute Gasteiger partial charge is 0.364 e. The van der Waals surface area contributed by atoms with Gasteiger partial charge in [0.25, 0.3) is 5.91 Å². The number of fused-ring (bicyclic) bond motifs is 1. The average Bonchev–Trinajstić information content (AvgIpc) is 2.99. The number of imidazole rings is 1. The zero-order chi connectivity index (χ0) is 22.3. The molecule has 9 nitrogen and oxygen atoms in total. The number of carbonyl (C=O) groups is 2. The summed E-state index contributed by atoms with van der Waals surface area (Å²) in [7, 11) is 0. The van der Waals surface area contributed by atoms with Gasteiger partial charge >= 0.3 is 5.69 Å². The number of rotatable bonds is 4. The van der Waals surface area contributed by atoms with Crippen molar-refractivity contribution >= 4 is 23.0 Å². The molecule has 4 rings (SSSR count). The molecule has 1 atom stereocenters. The Kier molecular flexibility index (Phi) is 5.30. The molecule has 3 aromatic rings. The smallest absolute Gasteiger partial charge is 0.335 e. The highest BCUT2D eigenvalue weighted by Crippen LogP contribution is 2.21. The van der Waals surface area contributed by atoms with Crippen LogP contribution in [0.5, 0.6) is 0 Å². The SMILES string of the molecule is Cc1nc(C(N)=O)c2c(n1)n(-c1ccc(F)cc1)c(=O)n2CC(=O)N1CCCC(C)C1. The summed E-state index contributed by atoms with van der Waals surface area (Å²) in [4.78, 5) is 48.7. The molecule has 0 saturated carbocycles. The normalized spacial score (nSPS) is 16.6. The van der Waals surface area contributed by atoms with Gasteiger partial charge in [-0.2, -0.15) is 0 Å². The Morgan fingerprint density at radius 3 is 2.58 bits per heavy atom. The van der Waals surface area contributed by atoms with Gasteiger partial charge in [0.2, 0.25) is 5.91 Å². The highest BCUT2D eigenvalue weighted by atomic mass is 19.1. The van der Waals surface area contributed by atoms with Crippen LogP contribution in [0.4, 0.5) is 4.39 Å². The second-order valence-corrected chi connectivity index (χ2v) is 7.92. The molecule has 2 amide bonds. The molecule has 1 saturated heterocycles. The summed E-state index contributed by atoms with van der Waals surface area (Å²) in [6.45, 7) is 4.61. The van der Waals surface area contributed by atoms with Crippen LogP contribution in [-0.4, -0.2) is 48.9 Å². The lowest BCUT2D eigenvalue weighted by Crippen LogP contribution is -2.42. The number of nitrogens with zero attached hydrogens (tertiary/aromatic N) is 5. The van der Waals surface area contributed by atoms with Crippen molar-refractivity contribution in [3.05, 3.63) is 52.1 Å². The number of carbonyl (C=O) groups excluding carboxylic acids is 2. The molecular formula is C21H23FN6O3. The predicted octanol–water partition coefficient (Wildman–Crippen LogP) is 1.39. The van der Waals surface area contributed by atoms with Gasteiger partial charge in [-0.05, 0) is 49.9 Å². The lowest BCUT2D eigenvalue weighted by molar-refractivity contribution is -0.133. The van der Waals surface area contributed by atoms with Crippen molar-refractivity contribution in [3.63, 3.8) is 0 Å². The van der Waals surface area contributed by atoms with Crippen LogP contribution < -0.4 is 11.4 Å². The van der Waals surface area contributed by atoms with E-state index < -0.39 is 17.4 Å². The lowest BCUT2D eigenvalue weighted by Gasteiger charge is -2.31. The van der Waals surface area contributed by atoms with Crippen LogP contribution in [0.15, 0.2) is 29.1 Å². The number of nitrogens with two attached hydrogens (primary N) is 1. The molecule has 162 valence electrons. The zero-order valence-corrected chi connectivity index (χ0v) is 17.3. The fourth-order valence-electron chi connectivity index (χ4n) is 4.06. The van der Waals surface area contributed by atoms with E-state index in [-0.39, 0.29) is 35.1 Å². The summed E-state index contributed by atoms with van der Waals surface area (Å²) < 4.78 is 15.9. The highest BCUT2D eigenvalue weighted by Gasteiger charge is 2.27. The molecule has 0 radical (unpaired) electrons. The Morgan fingerprint density at radius 2 is 1.94 bits per heavy atom. The first-order chi connectivity index (χ1) is 14.8. The number of halogens is 1. The standard InChI is InChI=1S/C21H23FN6O3/c1-12-4-3-9-26(10-12)16(29)11-27-18-17(19(23)30)24-13(2)25-20(18)28(21(27)31)15-7-5-14(22)6-8-15/h5-8,12H,3-4,9-11H2,1-2H3,(H2,23,30). The first-order valence-electron chi connectivity index (χ1n) is 10.1. The topological polar surface area (TPSA) is 116 Å². The van der Waals surface area contributed by atoms with Crippen LogP contribution in [0.3, 0.4) is 0 Å². The zero-order valence-electron chi connectivity index (χ0n) is 17.3. The fraction of sp³-hybridized carbons (Fsp3) is 0.381. The minimum absolute atomic E-state index is 0.0887. The van der Waals surface area contributed by atoms with Crippen molar-refractivity contribution in [3.8, 4) is 5.69 Å². The van der Waals surface area contributed by atoms with Gasteiger partial charge in [-0.3, -0.25) is 14.2 Å². The van der Waals surface area contributed by atoms with Gasteiger partial charge in [0.05, 0.1) is 5.69 Å². The first kappa shape index (κ1) is 20.7. The Labute approximate surface area is 177 Å². The average molecular weight is 426 g/mol.